The highest BCUT2D eigenvalue weighted by Gasteiger charge is 2.35. The first-order chi connectivity index (χ1) is 17.9. The molecule has 1 N–H and O–H groups in total. The number of carbonyl (C=O) groups is 2. The third kappa shape index (κ3) is 6.14. The molecule has 1 aliphatic carbocycles. The fourth-order valence-electron chi connectivity index (χ4n) is 4.54. The summed E-state index contributed by atoms with van der Waals surface area (Å²) in [7, 11) is 0. The SMILES string of the molecule is O=C(CN(C(=O)c1cc(Cl)cc(Cl)c1)C1CC1)N(CCc1c[nH]c2ccccc12)Cc1ccc(F)cc1. The first-order valence-corrected chi connectivity index (χ1v) is 13.0. The Kier molecular flexibility index (Phi) is 7.49. The van der Waals surface area contributed by atoms with Crippen molar-refractivity contribution in [2.24, 2.45) is 0 Å². The highest BCUT2D eigenvalue weighted by molar-refractivity contribution is 6.35. The summed E-state index contributed by atoms with van der Waals surface area (Å²) in [5.41, 5.74) is 3.33. The topological polar surface area (TPSA) is 56.4 Å². The molecule has 4 aromatic rings. The van der Waals surface area contributed by atoms with Crippen molar-refractivity contribution >= 4 is 45.9 Å². The molecular formula is C29H26Cl2FN3O2. The smallest absolute Gasteiger partial charge is 0.254 e. The monoisotopic (exact) mass is 537 g/mol. The van der Waals surface area contributed by atoms with Crippen molar-refractivity contribution in [3.8, 4) is 0 Å². The van der Waals surface area contributed by atoms with Gasteiger partial charge in [-0.1, -0.05) is 53.5 Å². The van der Waals surface area contributed by atoms with E-state index in [0.717, 1.165) is 34.9 Å². The van der Waals surface area contributed by atoms with Gasteiger partial charge in [-0.05, 0) is 66.8 Å². The number of nitrogens with zero attached hydrogens (tertiary/aromatic N) is 2. The Morgan fingerprint density at radius 3 is 2.38 bits per heavy atom. The van der Waals surface area contributed by atoms with Gasteiger partial charge in [-0.25, -0.2) is 4.39 Å². The van der Waals surface area contributed by atoms with Crippen LogP contribution in [0.2, 0.25) is 10.0 Å². The third-order valence-corrected chi connectivity index (χ3v) is 7.07. The van der Waals surface area contributed by atoms with Gasteiger partial charge in [0.25, 0.3) is 5.91 Å². The maximum absolute atomic E-state index is 13.6. The number of rotatable bonds is 9. The molecule has 0 radical (unpaired) electrons. The van der Waals surface area contributed by atoms with Gasteiger partial charge in [-0.15, -0.1) is 0 Å². The van der Waals surface area contributed by atoms with E-state index < -0.39 is 0 Å². The molecule has 0 spiro atoms. The molecule has 0 saturated heterocycles. The fraction of sp³-hybridized carbons (Fsp3) is 0.241. The summed E-state index contributed by atoms with van der Waals surface area (Å²) in [5, 5.41) is 1.86. The number of halogens is 3. The summed E-state index contributed by atoms with van der Waals surface area (Å²) in [6.07, 6.45) is 4.30. The Hall–Kier alpha value is -3.35. The number of fused-ring (bicyclic) bond motifs is 1. The second-order valence-corrected chi connectivity index (χ2v) is 10.2. The number of amides is 2. The number of H-pyrrole nitrogens is 1. The maximum atomic E-state index is 13.6. The number of hydrogen-bond donors (Lipinski definition) is 1. The highest BCUT2D eigenvalue weighted by Crippen LogP contribution is 2.30. The molecule has 0 unspecified atom stereocenters. The number of nitrogens with one attached hydrogen (secondary N) is 1. The molecule has 190 valence electrons. The minimum absolute atomic E-state index is 0.00972. The van der Waals surface area contributed by atoms with E-state index in [1.165, 1.54) is 12.1 Å². The van der Waals surface area contributed by atoms with Crippen molar-refractivity contribution < 1.29 is 14.0 Å². The van der Waals surface area contributed by atoms with Crippen LogP contribution in [-0.2, 0) is 17.8 Å². The molecule has 1 fully saturated rings. The fourth-order valence-corrected chi connectivity index (χ4v) is 5.06. The van der Waals surface area contributed by atoms with E-state index in [0.29, 0.717) is 35.1 Å². The average Bonchev–Trinajstić information content (AvgIpc) is 3.64. The highest BCUT2D eigenvalue weighted by atomic mass is 35.5. The Balaban J connectivity index is 1.36. The zero-order valence-electron chi connectivity index (χ0n) is 20.1. The molecule has 0 aliphatic heterocycles. The van der Waals surface area contributed by atoms with E-state index in [2.05, 4.69) is 11.1 Å². The molecule has 0 atom stereocenters. The van der Waals surface area contributed by atoms with Gasteiger partial charge >= 0.3 is 0 Å². The molecule has 5 nitrogen and oxygen atoms in total. The summed E-state index contributed by atoms with van der Waals surface area (Å²) in [4.78, 5) is 33.6. The van der Waals surface area contributed by atoms with Crippen molar-refractivity contribution in [3.63, 3.8) is 0 Å². The van der Waals surface area contributed by atoms with Gasteiger partial charge in [-0.3, -0.25) is 9.59 Å². The van der Waals surface area contributed by atoms with Crippen molar-refractivity contribution in [3.05, 3.63) is 105 Å². The predicted octanol–water partition coefficient (Wildman–Crippen LogP) is 6.49. The van der Waals surface area contributed by atoms with Gasteiger partial charge < -0.3 is 14.8 Å². The van der Waals surface area contributed by atoms with Crippen LogP contribution in [0.1, 0.15) is 34.3 Å². The minimum atomic E-state index is -0.328. The molecule has 0 bridgehead atoms. The van der Waals surface area contributed by atoms with Crippen LogP contribution in [0.25, 0.3) is 10.9 Å². The number of benzene rings is 3. The maximum Gasteiger partial charge on any atom is 0.254 e. The van der Waals surface area contributed by atoms with Gasteiger partial charge in [-0.2, -0.15) is 0 Å². The molecule has 1 aromatic heterocycles. The molecule has 2 amide bonds. The van der Waals surface area contributed by atoms with Gasteiger partial charge in [0.1, 0.15) is 12.4 Å². The van der Waals surface area contributed by atoms with Crippen LogP contribution in [0, 0.1) is 5.82 Å². The van der Waals surface area contributed by atoms with Crippen LogP contribution >= 0.6 is 23.2 Å². The second kappa shape index (κ2) is 11.0. The summed E-state index contributed by atoms with van der Waals surface area (Å²) in [6.45, 7) is 0.716. The van der Waals surface area contributed by atoms with Gasteiger partial charge in [0.2, 0.25) is 5.91 Å². The quantitative estimate of drug-likeness (QED) is 0.265. The second-order valence-electron chi connectivity index (χ2n) is 9.37. The zero-order valence-corrected chi connectivity index (χ0v) is 21.6. The summed E-state index contributed by atoms with van der Waals surface area (Å²) in [6, 6.07) is 18.9. The lowest BCUT2D eigenvalue weighted by atomic mass is 10.1. The van der Waals surface area contributed by atoms with Crippen LogP contribution < -0.4 is 0 Å². The summed E-state index contributed by atoms with van der Waals surface area (Å²) < 4.78 is 13.5. The van der Waals surface area contributed by atoms with E-state index in [4.69, 9.17) is 23.2 Å². The van der Waals surface area contributed by atoms with E-state index >= 15 is 0 Å². The van der Waals surface area contributed by atoms with Gasteiger partial charge in [0.05, 0.1) is 0 Å². The number of aromatic amines is 1. The van der Waals surface area contributed by atoms with Crippen LogP contribution in [0.4, 0.5) is 4.39 Å². The number of hydrogen-bond acceptors (Lipinski definition) is 2. The summed E-state index contributed by atoms with van der Waals surface area (Å²) >= 11 is 12.2. The van der Waals surface area contributed by atoms with Gasteiger partial charge in [0, 0.05) is 51.8 Å². The molecule has 5 rings (SSSR count). The number of aromatic nitrogens is 1. The van der Waals surface area contributed by atoms with E-state index in [9.17, 15) is 14.0 Å². The van der Waals surface area contributed by atoms with Crippen LogP contribution in [0.5, 0.6) is 0 Å². The van der Waals surface area contributed by atoms with Crippen molar-refractivity contribution in [2.45, 2.75) is 31.8 Å². The molecule has 1 aliphatic rings. The molecule has 8 heteroatoms. The summed E-state index contributed by atoms with van der Waals surface area (Å²) in [5.74, 6) is -0.762. The molecule has 37 heavy (non-hydrogen) atoms. The molecule has 1 heterocycles. The van der Waals surface area contributed by atoms with Gasteiger partial charge in [0.15, 0.2) is 0 Å². The van der Waals surface area contributed by atoms with Crippen molar-refractivity contribution in [1.82, 2.24) is 14.8 Å². The lowest BCUT2D eigenvalue weighted by molar-refractivity contribution is -0.132. The average molecular weight is 538 g/mol. The van der Waals surface area contributed by atoms with E-state index in [-0.39, 0.29) is 30.2 Å². The van der Waals surface area contributed by atoms with Crippen LogP contribution in [-0.4, -0.2) is 45.7 Å². The Morgan fingerprint density at radius 2 is 1.68 bits per heavy atom. The van der Waals surface area contributed by atoms with E-state index in [1.807, 2.05) is 24.4 Å². The first-order valence-electron chi connectivity index (χ1n) is 12.2. The molecular weight excluding hydrogens is 512 g/mol. The Morgan fingerprint density at radius 1 is 0.973 bits per heavy atom. The van der Waals surface area contributed by atoms with Crippen molar-refractivity contribution in [2.75, 3.05) is 13.1 Å². The normalized spacial score (nSPS) is 13.1. The largest absolute Gasteiger partial charge is 0.361 e. The Bertz CT molecular complexity index is 1410. The van der Waals surface area contributed by atoms with Crippen molar-refractivity contribution in [1.29, 1.82) is 0 Å². The first kappa shape index (κ1) is 25.3. The Labute approximate surface area is 224 Å². The number of carbonyl (C=O) groups excluding carboxylic acids is 2. The zero-order chi connectivity index (χ0) is 25.9. The predicted molar refractivity (Wildman–Crippen MR) is 144 cm³/mol. The minimum Gasteiger partial charge on any atom is -0.361 e. The number of para-hydroxylation sites is 1. The molecule has 3 aromatic carbocycles. The standard InChI is InChI=1S/C29H26Cl2FN3O2/c30-22-13-21(14-23(31)15-22)29(37)35(25-9-10-25)18-28(36)34(17-19-5-7-24(32)8-6-19)12-11-20-16-33-27-4-2-1-3-26(20)27/h1-8,13-16,25,33H,9-12,17-18H2. The van der Waals surface area contributed by atoms with Crippen LogP contribution in [0.15, 0.2) is 72.9 Å². The molecule has 1 saturated carbocycles. The van der Waals surface area contributed by atoms with E-state index in [1.54, 1.807) is 40.1 Å². The lowest BCUT2D eigenvalue weighted by Crippen LogP contribution is -2.44. The van der Waals surface area contributed by atoms with Crippen LogP contribution in [0.3, 0.4) is 0 Å². The third-order valence-electron chi connectivity index (χ3n) is 6.63. The lowest BCUT2D eigenvalue weighted by Gasteiger charge is -2.28.